The van der Waals surface area contributed by atoms with Crippen LogP contribution < -0.4 is 15.5 Å². The zero-order chi connectivity index (χ0) is 20.6. The molecular formula is C20H14BrN3O5. The second-order valence-electron chi connectivity index (χ2n) is 5.60. The highest BCUT2D eigenvalue weighted by atomic mass is 79.9. The van der Waals surface area contributed by atoms with Gasteiger partial charge in [-0.1, -0.05) is 28.1 Å². The number of amides is 2. The summed E-state index contributed by atoms with van der Waals surface area (Å²) in [5.41, 5.74) is 3.15. The lowest BCUT2D eigenvalue weighted by Gasteiger charge is -2.04. The second kappa shape index (κ2) is 9.47. The summed E-state index contributed by atoms with van der Waals surface area (Å²) in [6.07, 6.45) is 2.68. The van der Waals surface area contributed by atoms with Crippen molar-refractivity contribution in [2.45, 2.75) is 0 Å². The van der Waals surface area contributed by atoms with Gasteiger partial charge in [-0.25, -0.2) is 10.2 Å². The normalized spacial score (nSPS) is 10.5. The van der Waals surface area contributed by atoms with Crippen LogP contribution in [0.25, 0.3) is 0 Å². The topological polar surface area (TPSA) is 110 Å². The highest BCUT2D eigenvalue weighted by molar-refractivity contribution is 9.10. The molecular weight excluding hydrogens is 442 g/mol. The van der Waals surface area contributed by atoms with Crippen molar-refractivity contribution in [2.24, 2.45) is 5.10 Å². The highest BCUT2D eigenvalue weighted by Gasteiger charge is 2.13. The number of halogens is 1. The molecule has 1 aromatic heterocycles. The molecule has 0 fully saturated rings. The summed E-state index contributed by atoms with van der Waals surface area (Å²) in [5.74, 6) is -2.07. The van der Waals surface area contributed by atoms with E-state index in [2.05, 4.69) is 31.8 Å². The van der Waals surface area contributed by atoms with Crippen molar-refractivity contribution >= 4 is 45.6 Å². The van der Waals surface area contributed by atoms with Gasteiger partial charge in [0.05, 0.1) is 12.5 Å². The maximum Gasteiger partial charge on any atom is 0.379 e. The summed E-state index contributed by atoms with van der Waals surface area (Å²) in [5, 5.41) is 6.19. The van der Waals surface area contributed by atoms with Gasteiger partial charge in [0.1, 0.15) is 5.75 Å². The third-order valence-corrected chi connectivity index (χ3v) is 4.01. The first-order valence-electron chi connectivity index (χ1n) is 8.27. The number of carbonyl (C=O) groups is 3. The number of anilines is 1. The molecule has 8 nitrogen and oxygen atoms in total. The molecule has 0 saturated heterocycles. The molecule has 0 aliphatic carbocycles. The lowest BCUT2D eigenvalue weighted by molar-refractivity contribution is -0.136. The summed E-state index contributed by atoms with van der Waals surface area (Å²) in [7, 11) is 0. The van der Waals surface area contributed by atoms with Gasteiger partial charge in [0.25, 0.3) is 0 Å². The molecule has 0 radical (unpaired) electrons. The molecule has 0 aliphatic heterocycles. The number of carbonyl (C=O) groups excluding carboxylic acids is 3. The van der Waals surface area contributed by atoms with Crippen molar-refractivity contribution in [1.29, 1.82) is 0 Å². The maximum absolute atomic E-state index is 11.9. The zero-order valence-electron chi connectivity index (χ0n) is 14.8. The minimum atomic E-state index is -0.926. The molecule has 3 rings (SSSR count). The van der Waals surface area contributed by atoms with Gasteiger partial charge in [-0.2, -0.15) is 5.10 Å². The average Bonchev–Trinajstić information content (AvgIpc) is 3.25. The van der Waals surface area contributed by atoms with Crippen LogP contribution in [0.4, 0.5) is 5.69 Å². The minimum Gasteiger partial charge on any atom is -0.457 e. The van der Waals surface area contributed by atoms with Crippen molar-refractivity contribution in [2.75, 3.05) is 5.32 Å². The third-order valence-electron chi connectivity index (χ3n) is 3.48. The van der Waals surface area contributed by atoms with Crippen molar-refractivity contribution in [3.8, 4) is 5.75 Å². The van der Waals surface area contributed by atoms with Crippen molar-refractivity contribution < 1.29 is 23.5 Å². The van der Waals surface area contributed by atoms with E-state index >= 15 is 0 Å². The average molecular weight is 456 g/mol. The van der Waals surface area contributed by atoms with E-state index in [1.807, 2.05) is 0 Å². The fourth-order valence-corrected chi connectivity index (χ4v) is 2.41. The van der Waals surface area contributed by atoms with E-state index < -0.39 is 17.8 Å². The molecule has 2 aromatic carbocycles. The van der Waals surface area contributed by atoms with E-state index in [-0.39, 0.29) is 11.5 Å². The molecule has 0 aliphatic rings. The number of nitrogens with one attached hydrogen (secondary N) is 2. The third kappa shape index (κ3) is 5.88. The quantitative estimate of drug-likeness (QED) is 0.201. The Balaban J connectivity index is 1.54. The Bertz CT molecular complexity index is 1050. The first kappa shape index (κ1) is 20.0. The summed E-state index contributed by atoms with van der Waals surface area (Å²) in [6.45, 7) is 0. The van der Waals surface area contributed by atoms with Gasteiger partial charge in [0, 0.05) is 10.2 Å². The molecule has 0 bridgehead atoms. The smallest absolute Gasteiger partial charge is 0.379 e. The first-order valence-corrected chi connectivity index (χ1v) is 9.06. The molecule has 2 amide bonds. The maximum atomic E-state index is 11.9. The lowest BCUT2D eigenvalue weighted by atomic mass is 10.2. The molecule has 146 valence electrons. The first-order chi connectivity index (χ1) is 14.0. The Morgan fingerprint density at radius 1 is 1.00 bits per heavy atom. The summed E-state index contributed by atoms with van der Waals surface area (Å²) in [6, 6.07) is 16.3. The minimum absolute atomic E-state index is 0.0770. The molecule has 29 heavy (non-hydrogen) atoms. The zero-order valence-corrected chi connectivity index (χ0v) is 16.4. The molecule has 1 heterocycles. The van der Waals surface area contributed by atoms with Crippen LogP contribution in [0.15, 0.2) is 80.9 Å². The van der Waals surface area contributed by atoms with Crippen molar-refractivity contribution in [3.05, 3.63) is 82.7 Å². The Kier molecular flexibility index (Phi) is 6.54. The fraction of sp³-hybridized carbons (Fsp3) is 0. The van der Waals surface area contributed by atoms with Crippen LogP contribution in [-0.4, -0.2) is 24.0 Å². The summed E-state index contributed by atoms with van der Waals surface area (Å²) < 4.78 is 11.0. The number of esters is 1. The molecule has 0 spiro atoms. The standard InChI is InChI=1S/C20H14BrN3O5/c21-14-6-8-15(9-7-14)23-18(25)19(26)24-22-12-13-3-1-4-16(11-13)29-20(27)17-5-2-10-28-17/h1-12H,(H,23,25)(H,24,26)/b22-12+. The van der Waals surface area contributed by atoms with E-state index in [1.165, 1.54) is 18.5 Å². The van der Waals surface area contributed by atoms with E-state index in [0.717, 1.165) is 4.47 Å². The molecule has 3 aromatic rings. The van der Waals surface area contributed by atoms with Gasteiger partial charge in [-0.3, -0.25) is 9.59 Å². The van der Waals surface area contributed by atoms with Crippen molar-refractivity contribution in [3.63, 3.8) is 0 Å². The molecule has 9 heteroatoms. The number of hydrazone groups is 1. The lowest BCUT2D eigenvalue weighted by Crippen LogP contribution is -2.32. The van der Waals surface area contributed by atoms with Crippen LogP contribution in [0.1, 0.15) is 16.1 Å². The van der Waals surface area contributed by atoms with Gasteiger partial charge < -0.3 is 14.5 Å². The number of benzene rings is 2. The fourth-order valence-electron chi connectivity index (χ4n) is 2.15. The van der Waals surface area contributed by atoms with Crippen LogP contribution in [-0.2, 0) is 9.59 Å². The van der Waals surface area contributed by atoms with E-state index in [1.54, 1.807) is 54.6 Å². The number of ether oxygens (including phenoxy) is 1. The second-order valence-corrected chi connectivity index (χ2v) is 6.52. The Labute approximate surface area is 173 Å². The number of furan rings is 1. The number of hydrogen-bond acceptors (Lipinski definition) is 6. The van der Waals surface area contributed by atoms with Crippen LogP contribution in [0.3, 0.4) is 0 Å². The van der Waals surface area contributed by atoms with Gasteiger partial charge in [-0.15, -0.1) is 0 Å². The predicted octanol–water partition coefficient (Wildman–Crippen LogP) is 3.35. The van der Waals surface area contributed by atoms with Crippen LogP contribution in [0.2, 0.25) is 0 Å². The SMILES string of the molecule is O=C(N/N=C/c1cccc(OC(=O)c2ccco2)c1)C(=O)Nc1ccc(Br)cc1. The van der Waals surface area contributed by atoms with Crippen LogP contribution >= 0.6 is 15.9 Å². The van der Waals surface area contributed by atoms with E-state index in [9.17, 15) is 14.4 Å². The molecule has 2 N–H and O–H groups in total. The Morgan fingerprint density at radius 2 is 1.79 bits per heavy atom. The van der Waals surface area contributed by atoms with Crippen LogP contribution in [0, 0.1) is 0 Å². The van der Waals surface area contributed by atoms with E-state index in [4.69, 9.17) is 9.15 Å². The van der Waals surface area contributed by atoms with E-state index in [0.29, 0.717) is 11.3 Å². The van der Waals surface area contributed by atoms with Gasteiger partial charge in [0.2, 0.25) is 5.76 Å². The molecule has 0 saturated carbocycles. The number of hydrogen-bond donors (Lipinski definition) is 2. The van der Waals surface area contributed by atoms with Gasteiger partial charge >= 0.3 is 17.8 Å². The number of rotatable bonds is 5. The molecule has 0 atom stereocenters. The number of nitrogens with zero attached hydrogens (tertiary/aromatic N) is 1. The van der Waals surface area contributed by atoms with Crippen LogP contribution in [0.5, 0.6) is 5.75 Å². The largest absolute Gasteiger partial charge is 0.457 e. The summed E-state index contributed by atoms with van der Waals surface area (Å²) in [4.78, 5) is 35.6. The monoisotopic (exact) mass is 455 g/mol. The van der Waals surface area contributed by atoms with Crippen molar-refractivity contribution in [1.82, 2.24) is 5.43 Å². The summed E-state index contributed by atoms with van der Waals surface area (Å²) >= 11 is 3.28. The Morgan fingerprint density at radius 3 is 2.52 bits per heavy atom. The van der Waals surface area contributed by atoms with Gasteiger partial charge in [0.15, 0.2) is 0 Å². The Hall–Kier alpha value is -3.72. The highest BCUT2D eigenvalue weighted by Crippen LogP contribution is 2.15. The molecule has 0 unspecified atom stereocenters. The predicted molar refractivity (Wildman–Crippen MR) is 109 cm³/mol. The van der Waals surface area contributed by atoms with Gasteiger partial charge in [-0.05, 0) is 54.1 Å².